The fourth-order valence-corrected chi connectivity index (χ4v) is 4.29. The lowest BCUT2D eigenvalue weighted by atomic mass is 9.82. The smallest absolute Gasteiger partial charge is 0.311 e. The minimum Gasteiger partial charge on any atom is -0.442 e. The summed E-state index contributed by atoms with van der Waals surface area (Å²) in [6.07, 6.45) is 7.03. The number of carbonyl (C=O) groups excluding carboxylic acids is 1. The van der Waals surface area contributed by atoms with Gasteiger partial charge < -0.3 is 9.47 Å². The minimum atomic E-state index is -1.04. The van der Waals surface area contributed by atoms with Crippen LogP contribution >= 0.6 is 23.2 Å². The molecule has 3 unspecified atom stereocenters. The van der Waals surface area contributed by atoms with Crippen molar-refractivity contribution in [3.8, 4) is 24.0 Å². The largest absolute Gasteiger partial charge is 0.442 e. The molecule has 7 heteroatoms. The van der Waals surface area contributed by atoms with Crippen LogP contribution in [-0.4, -0.2) is 11.0 Å². The van der Waals surface area contributed by atoms with Gasteiger partial charge >= 0.3 is 5.97 Å². The number of hydrogen-bond donors (Lipinski definition) is 0. The number of aromatic nitrogens is 1. The second-order valence-electron chi connectivity index (χ2n) is 8.41. The molecule has 0 bridgehead atoms. The number of terminal acetylenes is 1. The number of nitrogens with zero attached hydrogens (tertiary/aromatic N) is 1. The highest BCUT2D eigenvalue weighted by atomic mass is 35.5. The van der Waals surface area contributed by atoms with E-state index < -0.39 is 18.0 Å². The van der Waals surface area contributed by atoms with Crippen LogP contribution in [0, 0.1) is 35.9 Å². The number of halogens is 3. The van der Waals surface area contributed by atoms with Crippen molar-refractivity contribution in [1.29, 1.82) is 0 Å². The Morgan fingerprint density at radius 2 is 1.86 bits per heavy atom. The maximum atomic E-state index is 13.3. The van der Waals surface area contributed by atoms with Crippen LogP contribution in [0.3, 0.4) is 0 Å². The van der Waals surface area contributed by atoms with Crippen LogP contribution in [0.25, 0.3) is 10.8 Å². The van der Waals surface area contributed by atoms with Crippen LogP contribution in [0.5, 0.6) is 11.6 Å². The van der Waals surface area contributed by atoms with Crippen molar-refractivity contribution in [3.63, 3.8) is 0 Å². The Balaban J connectivity index is 1.96. The lowest BCUT2D eigenvalue weighted by Gasteiger charge is -2.27. The van der Waals surface area contributed by atoms with Gasteiger partial charge in [-0.1, -0.05) is 74.2 Å². The summed E-state index contributed by atoms with van der Waals surface area (Å²) in [5, 5.41) is 1.53. The second-order valence-corrected chi connectivity index (χ2v) is 9.42. The summed E-state index contributed by atoms with van der Waals surface area (Å²) < 4.78 is 25.2. The fraction of sp³-hybridized carbons (Fsp3) is 0.286. The van der Waals surface area contributed by atoms with Crippen molar-refractivity contribution in [2.24, 2.45) is 17.8 Å². The van der Waals surface area contributed by atoms with E-state index in [-0.39, 0.29) is 28.0 Å². The zero-order valence-electron chi connectivity index (χ0n) is 19.7. The molecule has 0 spiro atoms. The molecule has 3 rings (SSSR count). The summed E-state index contributed by atoms with van der Waals surface area (Å²) in [6.45, 7) is 5.81. The molecule has 0 saturated carbocycles. The van der Waals surface area contributed by atoms with Crippen molar-refractivity contribution >= 4 is 39.9 Å². The number of ether oxygens (including phenoxy) is 2. The van der Waals surface area contributed by atoms with E-state index in [0.29, 0.717) is 17.9 Å². The molecule has 3 atom stereocenters. The SMILES string of the molecule is C#CC(OC(=O)C(C(C)C)C(C=C(Cl)Cl)CC)c1cc2ccccc2c(Oc2ccc(F)cc2)n1. The van der Waals surface area contributed by atoms with Gasteiger partial charge in [0.25, 0.3) is 0 Å². The van der Waals surface area contributed by atoms with E-state index in [1.807, 2.05) is 45.0 Å². The van der Waals surface area contributed by atoms with Gasteiger partial charge in [-0.15, -0.1) is 6.42 Å². The first-order valence-corrected chi connectivity index (χ1v) is 12.0. The minimum absolute atomic E-state index is 0.0447. The number of esters is 1. The number of hydrogen-bond acceptors (Lipinski definition) is 4. The Kier molecular flexibility index (Phi) is 9.14. The number of pyridine rings is 1. The molecule has 0 saturated heterocycles. The molecule has 0 radical (unpaired) electrons. The summed E-state index contributed by atoms with van der Waals surface area (Å²) in [7, 11) is 0. The van der Waals surface area contributed by atoms with E-state index in [4.69, 9.17) is 39.1 Å². The highest BCUT2D eigenvalue weighted by Crippen LogP contribution is 2.34. The highest BCUT2D eigenvalue weighted by molar-refractivity contribution is 6.55. The Morgan fingerprint density at radius 1 is 1.17 bits per heavy atom. The van der Waals surface area contributed by atoms with Gasteiger partial charge in [-0.2, -0.15) is 0 Å². The molecular weight excluding hydrogens is 488 g/mol. The lowest BCUT2D eigenvalue weighted by Crippen LogP contribution is -2.30. The molecule has 1 aromatic heterocycles. The van der Waals surface area contributed by atoms with Gasteiger partial charge in [0.15, 0.2) is 0 Å². The Labute approximate surface area is 215 Å². The van der Waals surface area contributed by atoms with Crippen LogP contribution in [0.1, 0.15) is 39.0 Å². The maximum absolute atomic E-state index is 13.3. The number of carbonyl (C=O) groups is 1. The predicted octanol–water partition coefficient (Wildman–Crippen LogP) is 8.00. The third-order valence-electron chi connectivity index (χ3n) is 5.67. The van der Waals surface area contributed by atoms with Crippen molar-refractivity contribution in [1.82, 2.24) is 4.98 Å². The Morgan fingerprint density at radius 3 is 2.46 bits per heavy atom. The van der Waals surface area contributed by atoms with Crippen LogP contribution in [0.15, 0.2) is 65.2 Å². The lowest BCUT2D eigenvalue weighted by molar-refractivity contribution is -0.155. The van der Waals surface area contributed by atoms with Gasteiger partial charge in [0.2, 0.25) is 12.0 Å². The molecule has 0 aliphatic heterocycles. The van der Waals surface area contributed by atoms with E-state index in [9.17, 15) is 9.18 Å². The first kappa shape index (κ1) is 26.5. The Bertz CT molecular complexity index is 1250. The summed E-state index contributed by atoms with van der Waals surface area (Å²) in [5.74, 6) is 1.60. The summed E-state index contributed by atoms with van der Waals surface area (Å²) in [4.78, 5) is 17.8. The van der Waals surface area contributed by atoms with E-state index in [0.717, 1.165) is 10.8 Å². The van der Waals surface area contributed by atoms with Gasteiger partial charge in [-0.3, -0.25) is 4.79 Å². The first-order valence-electron chi connectivity index (χ1n) is 11.3. The highest BCUT2D eigenvalue weighted by Gasteiger charge is 2.32. The van der Waals surface area contributed by atoms with Crippen LogP contribution in [-0.2, 0) is 9.53 Å². The van der Waals surface area contributed by atoms with Crippen molar-refractivity contribution < 1.29 is 18.7 Å². The Hall–Kier alpha value is -3.07. The molecule has 0 amide bonds. The third kappa shape index (κ3) is 6.75. The molecular formula is C28H26Cl2FNO3. The molecule has 0 fully saturated rings. The van der Waals surface area contributed by atoms with E-state index in [2.05, 4.69) is 10.9 Å². The predicted molar refractivity (Wildman–Crippen MR) is 138 cm³/mol. The topological polar surface area (TPSA) is 48.4 Å². The van der Waals surface area contributed by atoms with Crippen LogP contribution in [0.4, 0.5) is 4.39 Å². The molecule has 182 valence electrons. The van der Waals surface area contributed by atoms with Gasteiger partial charge in [0.05, 0.1) is 11.6 Å². The van der Waals surface area contributed by atoms with Crippen LogP contribution in [0.2, 0.25) is 0 Å². The molecule has 4 nitrogen and oxygen atoms in total. The third-order valence-corrected chi connectivity index (χ3v) is 5.92. The average Bonchev–Trinajstić information content (AvgIpc) is 2.82. The summed E-state index contributed by atoms with van der Waals surface area (Å²) in [6, 6.07) is 14.8. The fourth-order valence-electron chi connectivity index (χ4n) is 3.97. The zero-order valence-corrected chi connectivity index (χ0v) is 21.2. The number of allylic oxidation sites excluding steroid dienone is 1. The standard InChI is InChI=1S/C28H26Cl2FNO3/c1-5-18(16-25(29)30)26(17(3)4)28(33)35-24(6-2)23-15-19-9-7-8-10-22(19)27(32-23)34-21-13-11-20(31)12-14-21/h2,7-18,24,26H,5H2,1,3-4H3. The maximum Gasteiger partial charge on any atom is 0.311 e. The van der Waals surface area contributed by atoms with Crippen molar-refractivity contribution in [2.45, 2.75) is 33.3 Å². The van der Waals surface area contributed by atoms with Crippen LogP contribution < -0.4 is 4.74 Å². The summed E-state index contributed by atoms with van der Waals surface area (Å²) >= 11 is 11.8. The normalized spacial score (nSPS) is 13.5. The molecule has 35 heavy (non-hydrogen) atoms. The molecule has 0 aliphatic rings. The average molecular weight is 514 g/mol. The van der Waals surface area contributed by atoms with E-state index >= 15 is 0 Å². The van der Waals surface area contributed by atoms with Gasteiger partial charge in [-0.25, -0.2) is 9.37 Å². The number of rotatable bonds is 9. The molecule has 2 aromatic carbocycles. The quantitative estimate of drug-likeness (QED) is 0.214. The van der Waals surface area contributed by atoms with Crippen molar-refractivity contribution in [3.05, 3.63) is 76.7 Å². The first-order chi connectivity index (χ1) is 16.7. The van der Waals surface area contributed by atoms with E-state index in [1.54, 1.807) is 12.1 Å². The monoisotopic (exact) mass is 513 g/mol. The summed E-state index contributed by atoms with van der Waals surface area (Å²) in [5.41, 5.74) is 0.345. The van der Waals surface area contributed by atoms with Crippen molar-refractivity contribution in [2.75, 3.05) is 0 Å². The molecule has 0 N–H and O–H groups in total. The second kappa shape index (κ2) is 12.1. The van der Waals surface area contributed by atoms with E-state index in [1.165, 1.54) is 24.3 Å². The zero-order chi connectivity index (χ0) is 25.5. The van der Waals surface area contributed by atoms with Gasteiger partial charge in [-0.05, 0) is 60.0 Å². The molecule has 3 aromatic rings. The molecule has 0 aliphatic carbocycles. The molecule has 1 heterocycles. The number of fused-ring (bicyclic) bond motifs is 1. The van der Waals surface area contributed by atoms with Gasteiger partial charge in [0.1, 0.15) is 16.1 Å². The number of benzene rings is 2. The van der Waals surface area contributed by atoms with Gasteiger partial charge in [0, 0.05) is 5.39 Å².